The number of hydrogen-bond donors (Lipinski definition) is 0. The smallest absolute Gasteiger partial charge is 0.321 e. The Bertz CT molecular complexity index is 1110. The van der Waals surface area contributed by atoms with Crippen molar-refractivity contribution in [3.05, 3.63) is 54.1 Å². The van der Waals surface area contributed by atoms with Crippen molar-refractivity contribution in [3.63, 3.8) is 0 Å². The molecule has 1 amide bonds. The lowest BCUT2D eigenvalue weighted by molar-refractivity contribution is -0.153. The van der Waals surface area contributed by atoms with Crippen LogP contribution in [0.2, 0.25) is 0 Å². The number of carbonyl (C=O) groups is 2. The standard InChI is InChI=1S/C24H27N3O4S/c1-4-31-23(29)20-21(16-10-12-17(32-3)13-11-16)27-19-9-6-5-8-18(19)25-24(27)26(22(20)28)14-7-15-30-2/h5-6,8-13,20-21H,4,7,14-15H2,1-3H3/t20-,21+/m1/s1. The number of esters is 1. The van der Waals surface area contributed by atoms with Gasteiger partial charge in [0.1, 0.15) is 0 Å². The van der Waals surface area contributed by atoms with Gasteiger partial charge in [-0.15, -0.1) is 11.8 Å². The third-order valence-electron chi connectivity index (χ3n) is 5.67. The SMILES string of the molecule is CCOC(=O)[C@H]1C(=O)N(CCCOC)c2nc3ccccc3n2[C@H]1c1ccc(SC)cc1. The number of para-hydroxylation sites is 2. The summed E-state index contributed by atoms with van der Waals surface area (Å²) < 4.78 is 12.6. The van der Waals surface area contributed by atoms with Crippen LogP contribution in [0.15, 0.2) is 53.4 Å². The minimum Gasteiger partial charge on any atom is -0.465 e. The number of amides is 1. The fraction of sp³-hybridized carbons (Fsp3) is 0.375. The summed E-state index contributed by atoms with van der Waals surface area (Å²) >= 11 is 1.64. The molecule has 2 aromatic carbocycles. The number of thioether (sulfide) groups is 1. The largest absolute Gasteiger partial charge is 0.465 e. The van der Waals surface area contributed by atoms with Crippen LogP contribution in [0.1, 0.15) is 24.9 Å². The molecule has 0 aliphatic carbocycles. The molecule has 3 aromatic rings. The summed E-state index contributed by atoms with van der Waals surface area (Å²) in [6, 6.07) is 15.2. The fourth-order valence-corrected chi connectivity index (χ4v) is 4.64. The van der Waals surface area contributed by atoms with Crippen molar-refractivity contribution in [1.82, 2.24) is 9.55 Å². The van der Waals surface area contributed by atoms with E-state index in [1.807, 2.05) is 59.4 Å². The number of aromatic nitrogens is 2. The van der Waals surface area contributed by atoms with E-state index in [1.54, 1.807) is 30.7 Å². The molecule has 2 atom stereocenters. The average molecular weight is 454 g/mol. The third kappa shape index (κ3) is 4.00. The van der Waals surface area contributed by atoms with Crippen LogP contribution in [0.3, 0.4) is 0 Å². The lowest BCUT2D eigenvalue weighted by Gasteiger charge is -2.38. The molecule has 0 N–H and O–H groups in total. The lowest BCUT2D eigenvalue weighted by atomic mass is 9.89. The number of ether oxygens (including phenoxy) is 2. The zero-order valence-corrected chi connectivity index (χ0v) is 19.3. The van der Waals surface area contributed by atoms with Gasteiger partial charge in [0.25, 0.3) is 0 Å². The number of benzene rings is 2. The molecule has 2 heterocycles. The van der Waals surface area contributed by atoms with E-state index in [1.165, 1.54) is 0 Å². The Kier molecular flexibility index (Phi) is 6.81. The summed E-state index contributed by atoms with van der Waals surface area (Å²) in [4.78, 5) is 34.3. The van der Waals surface area contributed by atoms with Gasteiger partial charge in [-0.05, 0) is 49.4 Å². The molecule has 0 spiro atoms. The van der Waals surface area contributed by atoms with E-state index in [9.17, 15) is 9.59 Å². The maximum Gasteiger partial charge on any atom is 0.321 e. The molecule has 0 unspecified atom stereocenters. The van der Waals surface area contributed by atoms with Gasteiger partial charge < -0.3 is 14.0 Å². The molecular formula is C24H27N3O4S. The van der Waals surface area contributed by atoms with Gasteiger partial charge in [-0.2, -0.15) is 0 Å². The van der Waals surface area contributed by atoms with Crippen LogP contribution in [0.4, 0.5) is 5.95 Å². The average Bonchev–Trinajstić information content (AvgIpc) is 3.19. The highest BCUT2D eigenvalue weighted by atomic mass is 32.2. The van der Waals surface area contributed by atoms with Crippen LogP contribution in [0.25, 0.3) is 11.0 Å². The van der Waals surface area contributed by atoms with Crippen LogP contribution in [0, 0.1) is 5.92 Å². The number of imidazole rings is 1. The van der Waals surface area contributed by atoms with Gasteiger partial charge >= 0.3 is 5.97 Å². The number of hydrogen-bond acceptors (Lipinski definition) is 6. The first kappa shape index (κ1) is 22.4. The molecule has 168 valence electrons. The van der Waals surface area contributed by atoms with Crippen molar-refractivity contribution < 1.29 is 19.1 Å². The monoisotopic (exact) mass is 453 g/mol. The van der Waals surface area contributed by atoms with Gasteiger partial charge in [0, 0.05) is 25.2 Å². The van der Waals surface area contributed by atoms with Gasteiger partial charge in [-0.1, -0.05) is 24.3 Å². The Balaban J connectivity index is 1.92. The molecule has 0 radical (unpaired) electrons. The minimum atomic E-state index is -0.997. The van der Waals surface area contributed by atoms with Gasteiger partial charge in [0.05, 0.1) is 23.7 Å². The number of anilines is 1. The number of rotatable bonds is 8. The molecule has 1 aliphatic heterocycles. The number of fused-ring (bicyclic) bond motifs is 3. The Morgan fingerprint density at radius 3 is 2.59 bits per heavy atom. The molecule has 32 heavy (non-hydrogen) atoms. The first-order chi connectivity index (χ1) is 15.6. The first-order valence-corrected chi connectivity index (χ1v) is 11.9. The Morgan fingerprint density at radius 1 is 1.16 bits per heavy atom. The van der Waals surface area contributed by atoms with Crippen molar-refractivity contribution in [2.75, 3.05) is 38.0 Å². The second-order valence-corrected chi connectivity index (χ2v) is 8.43. The highest BCUT2D eigenvalue weighted by Crippen LogP contribution is 2.41. The molecule has 0 saturated heterocycles. The van der Waals surface area contributed by atoms with Gasteiger partial charge in [0.2, 0.25) is 11.9 Å². The number of nitrogens with zero attached hydrogens (tertiary/aromatic N) is 3. The molecule has 4 rings (SSSR count). The number of carbonyl (C=O) groups excluding carboxylic acids is 2. The van der Waals surface area contributed by atoms with Crippen LogP contribution in [-0.2, 0) is 19.1 Å². The quantitative estimate of drug-likeness (QED) is 0.223. The first-order valence-electron chi connectivity index (χ1n) is 10.7. The van der Waals surface area contributed by atoms with E-state index in [-0.39, 0.29) is 12.5 Å². The highest BCUT2D eigenvalue weighted by Gasteiger charge is 2.47. The third-order valence-corrected chi connectivity index (χ3v) is 6.42. The summed E-state index contributed by atoms with van der Waals surface area (Å²) in [5.41, 5.74) is 2.53. The van der Waals surface area contributed by atoms with Crippen molar-refractivity contribution in [2.24, 2.45) is 5.92 Å². The maximum absolute atomic E-state index is 13.7. The van der Waals surface area contributed by atoms with E-state index in [4.69, 9.17) is 14.5 Å². The second-order valence-electron chi connectivity index (χ2n) is 7.55. The van der Waals surface area contributed by atoms with Crippen molar-refractivity contribution in [1.29, 1.82) is 0 Å². The summed E-state index contributed by atoms with van der Waals surface area (Å²) in [6.45, 7) is 2.88. The Morgan fingerprint density at radius 2 is 1.91 bits per heavy atom. The summed E-state index contributed by atoms with van der Waals surface area (Å²) in [7, 11) is 1.63. The molecule has 0 saturated carbocycles. The molecule has 8 heteroatoms. The predicted molar refractivity (Wildman–Crippen MR) is 125 cm³/mol. The van der Waals surface area contributed by atoms with E-state index in [0.717, 1.165) is 21.5 Å². The number of methoxy groups -OCH3 is 1. The minimum absolute atomic E-state index is 0.210. The summed E-state index contributed by atoms with van der Waals surface area (Å²) in [5, 5.41) is 0. The second kappa shape index (κ2) is 9.75. The Hall–Kier alpha value is -2.84. The molecule has 7 nitrogen and oxygen atoms in total. The molecule has 1 aromatic heterocycles. The van der Waals surface area contributed by atoms with E-state index in [2.05, 4.69) is 0 Å². The summed E-state index contributed by atoms with van der Waals surface area (Å²) in [6.07, 6.45) is 2.65. The molecule has 0 fully saturated rings. The van der Waals surface area contributed by atoms with Gasteiger partial charge in [-0.25, -0.2) is 4.98 Å². The van der Waals surface area contributed by atoms with Crippen LogP contribution < -0.4 is 4.90 Å². The zero-order valence-electron chi connectivity index (χ0n) is 18.5. The topological polar surface area (TPSA) is 73.7 Å². The normalized spacial score (nSPS) is 18.1. The molecule has 0 bridgehead atoms. The molecular weight excluding hydrogens is 426 g/mol. The van der Waals surface area contributed by atoms with Crippen molar-refractivity contribution >= 4 is 40.6 Å². The zero-order chi connectivity index (χ0) is 22.7. The maximum atomic E-state index is 13.7. The van der Waals surface area contributed by atoms with E-state index in [0.29, 0.717) is 25.5 Å². The predicted octanol–water partition coefficient (Wildman–Crippen LogP) is 3.91. The van der Waals surface area contributed by atoms with Crippen LogP contribution in [-0.4, -0.2) is 54.6 Å². The molecule has 1 aliphatic rings. The van der Waals surface area contributed by atoms with Crippen molar-refractivity contribution in [3.8, 4) is 0 Å². The van der Waals surface area contributed by atoms with Gasteiger partial charge in [0.15, 0.2) is 5.92 Å². The van der Waals surface area contributed by atoms with Crippen LogP contribution in [0.5, 0.6) is 0 Å². The highest BCUT2D eigenvalue weighted by molar-refractivity contribution is 7.98. The lowest BCUT2D eigenvalue weighted by Crippen LogP contribution is -2.50. The van der Waals surface area contributed by atoms with Crippen molar-refractivity contribution in [2.45, 2.75) is 24.3 Å². The van der Waals surface area contributed by atoms with E-state index < -0.39 is 17.9 Å². The fourth-order valence-electron chi connectivity index (χ4n) is 4.23. The van der Waals surface area contributed by atoms with E-state index >= 15 is 0 Å². The summed E-state index contributed by atoms with van der Waals surface area (Å²) in [5.74, 6) is -1.26. The van der Waals surface area contributed by atoms with Gasteiger partial charge in [-0.3, -0.25) is 14.5 Å². The van der Waals surface area contributed by atoms with Crippen LogP contribution >= 0.6 is 11.8 Å². The Labute approximate surface area is 191 Å².